The summed E-state index contributed by atoms with van der Waals surface area (Å²) < 4.78 is 14.0. The molecule has 37 heavy (non-hydrogen) atoms. The van der Waals surface area contributed by atoms with Gasteiger partial charge in [-0.05, 0) is 48.1 Å². The van der Waals surface area contributed by atoms with Gasteiger partial charge in [-0.15, -0.1) is 0 Å². The van der Waals surface area contributed by atoms with E-state index in [0.717, 1.165) is 11.3 Å². The number of carbonyl (C=O) groups is 3. The first-order valence-electron chi connectivity index (χ1n) is 12.1. The van der Waals surface area contributed by atoms with Crippen LogP contribution < -0.4 is 10.6 Å². The lowest BCUT2D eigenvalue weighted by molar-refractivity contribution is -0.149. The highest BCUT2D eigenvalue weighted by atomic mass is 35.5. The van der Waals surface area contributed by atoms with Crippen molar-refractivity contribution in [3.63, 3.8) is 0 Å². The van der Waals surface area contributed by atoms with E-state index in [0.29, 0.717) is 33.8 Å². The smallest absolute Gasteiger partial charge is 0.329 e. The average Bonchev–Trinajstić information content (AvgIpc) is 3.21. The van der Waals surface area contributed by atoms with Crippen LogP contribution in [0.1, 0.15) is 43.5 Å². The lowest BCUT2D eigenvalue weighted by Crippen LogP contribution is -2.62. The summed E-state index contributed by atoms with van der Waals surface area (Å²) in [4.78, 5) is 42.1. The fourth-order valence-electron chi connectivity index (χ4n) is 4.87. The van der Waals surface area contributed by atoms with Crippen LogP contribution in [0.15, 0.2) is 36.4 Å². The van der Waals surface area contributed by atoms with Crippen LogP contribution in [0.25, 0.3) is 10.9 Å². The number of carbonyl (C=O) groups excluding carboxylic acids is 2. The molecule has 0 radical (unpaired) electrons. The van der Waals surface area contributed by atoms with E-state index < -0.39 is 35.2 Å². The maximum Gasteiger partial charge on any atom is 0.329 e. The summed E-state index contributed by atoms with van der Waals surface area (Å²) in [6.07, 6.45) is 0.864. The fraction of sp³-hybridized carbons (Fsp3) is 0.370. The molecule has 0 bridgehead atoms. The standard InChI is InChI=1S/C27H28Cl2FN3O4/c1-3-14(2)23(32-22(34)10-15-6-4-5-7-20(15)30)25(35)33-27(26(36)37)9-8-21-18(13-27)17-11-16(28)12-19(29)24(17)31-21/h4-7,11-12,14,23,31H,3,8-10,13H2,1-2H3,(H,32,34)(H,33,35)(H,36,37)/t14?,23-,27+/m0/s1. The fourth-order valence-corrected chi connectivity index (χ4v) is 5.41. The number of carboxylic acids is 1. The number of aromatic amines is 1. The third kappa shape index (κ3) is 5.45. The largest absolute Gasteiger partial charge is 0.479 e. The predicted octanol–water partition coefficient (Wildman–Crippen LogP) is 4.82. The quantitative estimate of drug-likeness (QED) is 0.324. The highest BCUT2D eigenvalue weighted by molar-refractivity contribution is 6.38. The van der Waals surface area contributed by atoms with Crippen molar-refractivity contribution >= 4 is 51.9 Å². The number of hydrogen-bond acceptors (Lipinski definition) is 3. The number of benzene rings is 2. The second-order valence-corrected chi connectivity index (χ2v) is 10.5. The zero-order chi connectivity index (χ0) is 26.9. The summed E-state index contributed by atoms with van der Waals surface area (Å²) in [6, 6.07) is 8.27. The molecule has 4 N–H and O–H groups in total. The molecule has 3 atom stereocenters. The Balaban J connectivity index is 1.59. The molecular formula is C27H28Cl2FN3O4. The molecule has 0 saturated carbocycles. The van der Waals surface area contributed by atoms with E-state index in [1.54, 1.807) is 25.1 Å². The van der Waals surface area contributed by atoms with Gasteiger partial charge in [0.15, 0.2) is 0 Å². The van der Waals surface area contributed by atoms with Gasteiger partial charge in [0.05, 0.1) is 17.0 Å². The van der Waals surface area contributed by atoms with Crippen molar-refractivity contribution in [3.8, 4) is 0 Å². The summed E-state index contributed by atoms with van der Waals surface area (Å²) in [6.45, 7) is 3.66. The third-order valence-corrected chi connectivity index (χ3v) is 7.71. The Morgan fingerprint density at radius 2 is 1.95 bits per heavy atom. The number of rotatable bonds is 8. The minimum atomic E-state index is -1.59. The van der Waals surface area contributed by atoms with Crippen LogP contribution in [0.5, 0.6) is 0 Å². The topological polar surface area (TPSA) is 111 Å². The zero-order valence-electron chi connectivity index (χ0n) is 20.5. The molecule has 10 heteroatoms. The van der Waals surface area contributed by atoms with Gasteiger partial charge in [-0.25, -0.2) is 9.18 Å². The second kappa shape index (κ2) is 10.7. The summed E-state index contributed by atoms with van der Waals surface area (Å²) in [5.41, 5.74) is 0.873. The molecule has 0 spiro atoms. The number of H-pyrrole nitrogens is 1. The van der Waals surface area contributed by atoms with E-state index in [9.17, 15) is 23.9 Å². The van der Waals surface area contributed by atoms with Crippen molar-refractivity contribution in [2.24, 2.45) is 5.92 Å². The van der Waals surface area contributed by atoms with E-state index in [4.69, 9.17) is 23.2 Å². The minimum absolute atomic E-state index is 0.0243. The first kappa shape index (κ1) is 26.9. The summed E-state index contributed by atoms with van der Waals surface area (Å²) in [5.74, 6) is -3.10. The van der Waals surface area contributed by atoms with Crippen molar-refractivity contribution in [3.05, 3.63) is 69.1 Å². The highest BCUT2D eigenvalue weighted by Crippen LogP contribution is 2.38. The summed E-state index contributed by atoms with van der Waals surface area (Å²) in [5, 5.41) is 17.3. The van der Waals surface area contributed by atoms with Gasteiger partial charge < -0.3 is 20.7 Å². The molecule has 1 aliphatic carbocycles. The van der Waals surface area contributed by atoms with Gasteiger partial charge in [0, 0.05) is 22.5 Å². The molecule has 7 nitrogen and oxygen atoms in total. The molecule has 196 valence electrons. The Morgan fingerprint density at radius 1 is 1.22 bits per heavy atom. The first-order chi connectivity index (χ1) is 17.5. The van der Waals surface area contributed by atoms with Crippen LogP contribution in [0.3, 0.4) is 0 Å². The summed E-state index contributed by atoms with van der Waals surface area (Å²) >= 11 is 12.5. The Morgan fingerprint density at radius 3 is 2.62 bits per heavy atom. The zero-order valence-corrected chi connectivity index (χ0v) is 22.0. The Hall–Kier alpha value is -3.10. The van der Waals surface area contributed by atoms with Crippen LogP contribution in [0, 0.1) is 11.7 Å². The highest BCUT2D eigenvalue weighted by Gasteiger charge is 2.45. The van der Waals surface area contributed by atoms with E-state index in [2.05, 4.69) is 15.6 Å². The number of aryl methyl sites for hydroxylation is 1. The van der Waals surface area contributed by atoms with Gasteiger partial charge in [-0.3, -0.25) is 9.59 Å². The monoisotopic (exact) mass is 547 g/mol. The van der Waals surface area contributed by atoms with Gasteiger partial charge in [0.2, 0.25) is 11.8 Å². The minimum Gasteiger partial charge on any atom is -0.479 e. The van der Waals surface area contributed by atoms with E-state index >= 15 is 0 Å². The Kier molecular flexibility index (Phi) is 7.80. The molecule has 1 aliphatic rings. The molecule has 0 fully saturated rings. The number of amides is 2. The maximum atomic E-state index is 14.0. The van der Waals surface area contributed by atoms with Crippen LogP contribution >= 0.6 is 23.2 Å². The normalized spacial score (nSPS) is 18.6. The number of carboxylic acid groups (broad SMARTS) is 1. The van der Waals surface area contributed by atoms with E-state index in [1.807, 2.05) is 6.92 Å². The SMILES string of the molecule is CCC(C)[C@H](NC(=O)Cc1ccccc1F)C(=O)N[C@]1(C(=O)O)CCc2[nH]c3c(Cl)cc(Cl)cc3c2C1. The molecular weight excluding hydrogens is 520 g/mol. The van der Waals surface area contributed by atoms with Crippen LogP contribution in [-0.2, 0) is 33.6 Å². The van der Waals surface area contributed by atoms with Gasteiger partial charge in [0.1, 0.15) is 17.4 Å². The van der Waals surface area contributed by atoms with Crippen molar-refractivity contribution in [2.45, 2.75) is 57.5 Å². The van der Waals surface area contributed by atoms with E-state index in [-0.39, 0.29) is 30.7 Å². The van der Waals surface area contributed by atoms with Crippen LogP contribution in [-0.4, -0.2) is 39.5 Å². The average molecular weight is 548 g/mol. The van der Waals surface area contributed by atoms with Crippen LogP contribution in [0.2, 0.25) is 10.0 Å². The molecule has 1 aromatic heterocycles. The second-order valence-electron chi connectivity index (χ2n) is 9.64. The van der Waals surface area contributed by atoms with Crippen LogP contribution in [0.4, 0.5) is 4.39 Å². The van der Waals surface area contributed by atoms with Gasteiger partial charge in [-0.1, -0.05) is 61.7 Å². The van der Waals surface area contributed by atoms with Crippen molar-refractivity contribution < 1.29 is 23.9 Å². The number of nitrogens with one attached hydrogen (secondary N) is 3. The number of fused-ring (bicyclic) bond motifs is 3. The molecule has 2 aromatic carbocycles. The maximum absolute atomic E-state index is 14.0. The Labute approximate surface area is 223 Å². The number of halogens is 3. The molecule has 1 heterocycles. The van der Waals surface area contributed by atoms with Gasteiger partial charge in [-0.2, -0.15) is 0 Å². The lowest BCUT2D eigenvalue weighted by atomic mass is 9.79. The number of aromatic nitrogens is 1. The van der Waals surface area contributed by atoms with Crippen molar-refractivity contribution in [1.82, 2.24) is 15.6 Å². The number of aliphatic carboxylic acids is 1. The molecule has 0 aliphatic heterocycles. The molecule has 2 amide bonds. The third-order valence-electron chi connectivity index (χ3n) is 7.19. The lowest BCUT2D eigenvalue weighted by Gasteiger charge is -2.36. The molecule has 0 saturated heterocycles. The Bertz CT molecular complexity index is 1380. The predicted molar refractivity (Wildman–Crippen MR) is 140 cm³/mol. The molecule has 4 rings (SSSR count). The van der Waals surface area contributed by atoms with Crippen molar-refractivity contribution in [1.29, 1.82) is 0 Å². The summed E-state index contributed by atoms with van der Waals surface area (Å²) in [7, 11) is 0. The van der Waals surface area contributed by atoms with Gasteiger partial charge in [0.25, 0.3) is 0 Å². The molecule has 3 aromatic rings. The van der Waals surface area contributed by atoms with E-state index in [1.165, 1.54) is 18.2 Å². The van der Waals surface area contributed by atoms with Gasteiger partial charge >= 0.3 is 5.97 Å². The number of hydrogen-bond donors (Lipinski definition) is 4. The van der Waals surface area contributed by atoms with Crippen molar-refractivity contribution in [2.75, 3.05) is 0 Å². The molecule has 1 unspecified atom stereocenters. The first-order valence-corrected chi connectivity index (χ1v) is 12.9.